The van der Waals surface area contributed by atoms with Crippen molar-refractivity contribution in [3.05, 3.63) is 0 Å². The number of likely N-dealkylation sites (tertiary alicyclic amines) is 1. The van der Waals surface area contributed by atoms with Crippen molar-refractivity contribution in [2.24, 2.45) is 5.92 Å². The number of nitrogens with zero attached hydrogens (tertiary/aromatic N) is 1. The molecular weight excluding hydrogens is 202 g/mol. The van der Waals surface area contributed by atoms with E-state index in [0.717, 1.165) is 45.0 Å². The average molecular weight is 229 g/mol. The predicted octanol–water partition coefficient (Wildman–Crippen LogP) is 1.90. The fourth-order valence-corrected chi connectivity index (χ4v) is 2.44. The molecule has 3 nitrogen and oxygen atoms in total. The fraction of sp³-hybridized carbons (Fsp3) is 1.00. The Balaban J connectivity index is 2.31. The molecule has 0 bridgehead atoms. The summed E-state index contributed by atoms with van der Waals surface area (Å²) in [7, 11) is 1.78. The molecular formula is C13H27NO2. The predicted molar refractivity (Wildman–Crippen MR) is 66.6 cm³/mol. The maximum Gasteiger partial charge on any atom is 0.0768 e. The second-order valence-electron chi connectivity index (χ2n) is 5.11. The molecule has 0 unspecified atom stereocenters. The molecule has 1 aliphatic rings. The topological polar surface area (TPSA) is 32.7 Å². The summed E-state index contributed by atoms with van der Waals surface area (Å²) < 4.78 is 5.19. The summed E-state index contributed by atoms with van der Waals surface area (Å²) in [6.07, 6.45) is 4.11. The van der Waals surface area contributed by atoms with Gasteiger partial charge in [-0.2, -0.15) is 0 Å². The molecule has 1 fully saturated rings. The van der Waals surface area contributed by atoms with Crippen LogP contribution in [0.3, 0.4) is 0 Å². The molecule has 1 rings (SSSR count). The van der Waals surface area contributed by atoms with Crippen LogP contribution in [0, 0.1) is 5.92 Å². The van der Waals surface area contributed by atoms with Crippen molar-refractivity contribution in [2.45, 2.75) is 45.1 Å². The van der Waals surface area contributed by atoms with E-state index in [1.54, 1.807) is 7.11 Å². The van der Waals surface area contributed by atoms with Gasteiger partial charge in [-0.1, -0.05) is 13.8 Å². The quantitative estimate of drug-likeness (QED) is 0.755. The van der Waals surface area contributed by atoms with E-state index in [4.69, 9.17) is 4.74 Å². The van der Waals surface area contributed by atoms with E-state index >= 15 is 0 Å². The lowest BCUT2D eigenvalue weighted by Gasteiger charge is -2.37. The minimum Gasteiger partial charge on any atom is -0.389 e. The summed E-state index contributed by atoms with van der Waals surface area (Å²) in [4.78, 5) is 2.40. The van der Waals surface area contributed by atoms with Crippen molar-refractivity contribution in [3.8, 4) is 0 Å². The largest absolute Gasteiger partial charge is 0.389 e. The van der Waals surface area contributed by atoms with Gasteiger partial charge in [0.2, 0.25) is 0 Å². The molecule has 0 atom stereocenters. The maximum atomic E-state index is 10.3. The third-order valence-corrected chi connectivity index (χ3v) is 3.94. The molecule has 1 saturated heterocycles. The number of methoxy groups -OCH3 is 1. The zero-order chi connectivity index (χ0) is 12.0. The van der Waals surface area contributed by atoms with Crippen molar-refractivity contribution in [3.63, 3.8) is 0 Å². The summed E-state index contributed by atoms with van der Waals surface area (Å²) in [6, 6.07) is 0. The molecule has 0 aromatic rings. The molecule has 3 heteroatoms. The van der Waals surface area contributed by atoms with E-state index < -0.39 is 5.60 Å². The van der Waals surface area contributed by atoms with Gasteiger partial charge in [0, 0.05) is 20.3 Å². The number of ether oxygens (including phenoxy) is 1. The third-order valence-electron chi connectivity index (χ3n) is 3.94. The molecule has 1 heterocycles. The Labute approximate surface area is 99.8 Å². The van der Waals surface area contributed by atoms with Gasteiger partial charge in [0.1, 0.15) is 0 Å². The Hall–Kier alpha value is -0.120. The Morgan fingerprint density at radius 1 is 1.25 bits per heavy atom. The molecule has 0 amide bonds. The van der Waals surface area contributed by atoms with Crippen molar-refractivity contribution in [1.82, 2.24) is 4.90 Å². The molecule has 1 aliphatic heterocycles. The van der Waals surface area contributed by atoms with Crippen molar-refractivity contribution < 1.29 is 9.84 Å². The minimum absolute atomic E-state index is 0.478. The van der Waals surface area contributed by atoms with Gasteiger partial charge < -0.3 is 14.7 Å². The molecule has 96 valence electrons. The summed E-state index contributed by atoms with van der Waals surface area (Å²) in [5, 5.41) is 10.3. The second-order valence-corrected chi connectivity index (χ2v) is 5.11. The van der Waals surface area contributed by atoms with Crippen molar-refractivity contribution in [2.75, 3.05) is 33.4 Å². The summed E-state index contributed by atoms with van der Waals surface area (Å²) in [5.74, 6) is 0.720. The van der Waals surface area contributed by atoms with Crippen LogP contribution in [0.25, 0.3) is 0 Å². The Bertz CT molecular complexity index is 184. The average Bonchev–Trinajstić information content (AvgIpc) is 2.32. The molecule has 0 spiro atoms. The standard InChI is InChI=1S/C13H27NO2/c1-4-13(15,5-2)11-14-8-6-12(7-9-14)10-16-3/h12,15H,4-11H2,1-3H3. The van der Waals surface area contributed by atoms with Crippen LogP contribution in [-0.2, 0) is 4.74 Å². The highest BCUT2D eigenvalue weighted by atomic mass is 16.5. The van der Waals surface area contributed by atoms with E-state index in [9.17, 15) is 5.11 Å². The number of aliphatic hydroxyl groups is 1. The van der Waals surface area contributed by atoms with Gasteiger partial charge in [-0.3, -0.25) is 0 Å². The SMILES string of the molecule is CCC(O)(CC)CN1CCC(COC)CC1. The van der Waals surface area contributed by atoms with Crippen molar-refractivity contribution in [1.29, 1.82) is 0 Å². The third kappa shape index (κ3) is 4.04. The molecule has 0 aromatic heterocycles. The Morgan fingerprint density at radius 2 is 1.81 bits per heavy atom. The molecule has 0 aliphatic carbocycles. The Kier molecular flexibility index (Phi) is 5.73. The first-order chi connectivity index (χ1) is 7.63. The van der Waals surface area contributed by atoms with Crippen LogP contribution >= 0.6 is 0 Å². The van der Waals surface area contributed by atoms with Gasteiger partial charge in [0.25, 0.3) is 0 Å². The van der Waals surface area contributed by atoms with E-state index in [0.29, 0.717) is 0 Å². The van der Waals surface area contributed by atoms with Gasteiger partial charge in [-0.15, -0.1) is 0 Å². The van der Waals surface area contributed by atoms with Gasteiger partial charge in [0.05, 0.1) is 5.60 Å². The molecule has 1 N–H and O–H groups in total. The molecule has 0 saturated carbocycles. The van der Waals surface area contributed by atoms with Gasteiger partial charge in [-0.05, 0) is 44.7 Å². The minimum atomic E-state index is -0.478. The van der Waals surface area contributed by atoms with E-state index in [2.05, 4.69) is 18.7 Å². The lowest BCUT2D eigenvalue weighted by molar-refractivity contribution is -0.0151. The van der Waals surface area contributed by atoms with Crippen LogP contribution in [-0.4, -0.2) is 49.0 Å². The summed E-state index contributed by atoms with van der Waals surface area (Å²) in [6.45, 7) is 8.08. The van der Waals surface area contributed by atoms with Crippen molar-refractivity contribution >= 4 is 0 Å². The first kappa shape index (κ1) is 13.9. The Morgan fingerprint density at radius 3 is 2.25 bits per heavy atom. The number of piperidine rings is 1. The lowest BCUT2D eigenvalue weighted by atomic mass is 9.93. The smallest absolute Gasteiger partial charge is 0.0768 e. The monoisotopic (exact) mass is 229 g/mol. The number of hydrogen-bond acceptors (Lipinski definition) is 3. The number of rotatable bonds is 6. The van der Waals surface area contributed by atoms with Crippen LogP contribution in [0.15, 0.2) is 0 Å². The first-order valence-corrected chi connectivity index (χ1v) is 6.57. The molecule has 0 aromatic carbocycles. The van der Waals surface area contributed by atoms with E-state index in [1.807, 2.05) is 0 Å². The normalized spacial score (nSPS) is 20.2. The number of β-amino-alcohol motifs (C(OH)–C–C–N with tert-alkyl or cyclic N) is 1. The molecule has 16 heavy (non-hydrogen) atoms. The second kappa shape index (κ2) is 6.58. The summed E-state index contributed by atoms with van der Waals surface area (Å²) >= 11 is 0. The van der Waals surface area contributed by atoms with Gasteiger partial charge in [-0.25, -0.2) is 0 Å². The fourth-order valence-electron chi connectivity index (χ4n) is 2.44. The zero-order valence-electron chi connectivity index (χ0n) is 11.0. The van der Waals surface area contributed by atoms with Gasteiger partial charge >= 0.3 is 0 Å². The van der Waals surface area contributed by atoms with Crippen LogP contribution in [0.1, 0.15) is 39.5 Å². The van der Waals surface area contributed by atoms with Crippen LogP contribution in [0.2, 0.25) is 0 Å². The van der Waals surface area contributed by atoms with Crippen LogP contribution in [0.5, 0.6) is 0 Å². The first-order valence-electron chi connectivity index (χ1n) is 6.57. The highest BCUT2D eigenvalue weighted by Crippen LogP contribution is 2.22. The highest BCUT2D eigenvalue weighted by molar-refractivity contribution is 4.82. The number of hydrogen-bond donors (Lipinski definition) is 1. The van der Waals surface area contributed by atoms with Gasteiger partial charge in [0.15, 0.2) is 0 Å². The van der Waals surface area contributed by atoms with Crippen LogP contribution < -0.4 is 0 Å². The lowest BCUT2D eigenvalue weighted by Crippen LogP contribution is -2.45. The highest BCUT2D eigenvalue weighted by Gasteiger charge is 2.28. The van der Waals surface area contributed by atoms with E-state index in [1.165, 1.54) is 12.8 Å². The zero-order valence-corrected chi connectivity index (χ0v) is 11.0. The molecule has 0 radical (unpaired) electrons. The van der Waals surface area contributed by atoms with Crippen LogP contribution in [0.4, 0.5) is 0 Å². The summed E-state index contributed by atoms with van der Waals surface area (Å²) in [5.41, 5.74) is -0.478. The maximum absolute atomic E-state index is 10.3. The van der Waals surface area contributed by atoms with E-state index in [-0.39, 0.29) is 0 Å².